The average molecular weight is 287 g/mol. The monoisotopic (exact) mass is 286 g/mol. The highest BCUT2D eigenvalue weighted by Gasteiger charge is 2.05. The third-order valence-electron chi connectivity index (χ3n) is 2.83. The number of nitrogens with one attached hydrogen (secondary N) is 1. The zero-order valence-electron chi connectivity index (χ0n) is 12.1. The number of hydrogen-bond acceptors (Lipinski definition) is 5. The lowest BCUT2D eigenvalue weighted by atomic mass is 10.3. The SMILES string of the molecule is CCOCc1nc(Cl)cc(NCCN(C)C(C)C)n1. The van der Waals surface area contributed by atoms with E-state index in [2.05, 4.69) is 41.1 Å². The molecule has 0 amide bonds. The number of likely N-dealkylation sites (N-methyl/N-ethyl adjacent to an activating group) is 1. The summed E-state index contributed by atoms with van der Waals surface area (Å²) in [5.41, 5.74) is 0. The van der Waals surface area contributed by atoms with Crippen molar-refractivity contribution in [2.75, 3.05) is 32.1 Å². The van der Waals surface area contributed by atoms with Gasteiger partial charge in [0.2, 0.25) is 0 Å². The first-order valence-electron chi connectivity index (χ1n) is 6.58. The third-order valence-corrected chi connectivity index (χ3v) is 3.02. The van der Waals surface area contributed by atoms with Gasteiger partial charge in [0.1, 0.15) is 17.6 Å². The van der Waals surface area contributed by atoms with Gasteiger partial charge in [-0.1, -0.05) is 11.6 Å². The molecule has 0 aliphatic carbocycles. The van der Waals surface area contributed by atoms with Crippen LogP contribution < -0.4 is 5.32 Å². The van der Waals surface area contributed by atoms with Crippen LogP contribution in [0.3, 0.4) is 0 Å². The number of nitrogens with zero attached hydrogens (tertiary/aromatic N) is 3. The Kier molecular flexibility index (Phi) is 7.05. The summed E-state index contributed by atoms with van der Waals surface area (Å²) in [6.07, 6.45) is 0. The highest BCUT2D eigenvalue weighted by atomic mass is 35.5. The second-order valence-electron chi connectivity index (χ2n) is 4.63. The Hall–Kier alpha value is -0.910. The van der Waals surface area contributed by atoms with Crippen LogP contribution in [0.4, 0.5) is 5.82 Å². The van der Waals surface area contributed by atoms with Crippen LogP contribution in [0.2, 0.25) is 5.15 Å². The molecule has 6 heteroatoms. The molecule has 1 aromatic heterocycles. The number of ether oxygens (including phenoxy) is 1. The first kappa shape index (κ1) is 16.1. The molecule has 108 valence electrons. The summed E-state index contributed by atoms with van der Waals surface area (Å²) >= 11 is 5.96. The summed E-state index contributed by atoms with van der Waals surface area (Å²) in [6, 6.07) is 2.26. The summed E-state index contributed by atoms with van der Waals surface area (Å²) < 4.78 is 5.28. The molecule has 0 unspecified atom stereocenters. The van der Waals surface area contributed by atoms with Crippen LogP contribution in [-0.4, -0.2) is 47.7 Å². The van der Waals surface area contributed by atoms with Crippen LogP contribution in [0, 0.1) is 0 Å². The van der Waals surface area contributed by atoms with Crippen LogP contribution >= 0.6 is 11.6 Å². The van der Waals surface area contributed by atoms with Crippen molar-refractivity contribution in [1.82, 2.24) is 14.9 Å². The molecule has 1 rings (SSSR count). The van der Waals surface area contributed by atoms with Crippen molar-refractivity contribution in [2.45, 2.75) is 33.4 Å². The van der Waals surface area contributed by atoms with Crippen molar-refractivity contribution in [2.24, 2.45) is 0 Å². The number of aromatic nitrogens is 2. The number of halogens is 1. The van der Waals surface area contributed by atoms with Gasteiger partial charge in [0.05, 0.1) is 0 Å². The van der Waals surface area contributed by atoms with E-state index >= 15 is 0 Å². The molecule has 0 saturated heterocycles. The Labute approximate surface area is 120 Å². The fourth-order valence-corrected chi connectivity index (χ4v) is 1.63. The Balaban J connectivity index is 2.51. The summed E-state index contributed by atoms with van der Waals surface area (Å²) in [5.74, 6) is 1.35. The lowest BCUT2D eigenvalue weighted by Crippen LogP contribution is -2.31. The maximum atomic E-state index is 5.96. The Bertz CT molecular complexity index is 387. The van der Waals surface area contributed by atoms with E-state index in [1.54, 1.807) is 6.07 Å². The molecule has 0 bridgehead atoms. The van der Waals surface area contributed by atoms with E-state index in [0.717, 1.165) is 18.9 Å². The van der Waals surface area contributed by atoms with E-state index in [0.29, 0.717) is 30.2 Å². The van der Waals surface area contributed by atoms with Crippen molar-refractivity contribution in [3.8, 4) is 0 Å². The first-order valence-corrected chi connectivity index (χ1v) is 6.96. The Morgan fingerprint density at radius 3 is 2.79 bits per heavy atom. The summed E-state index contributed by atoms with van der Waals surface area (Å²) in [6.45, 7) is 9.06. The van der Waals surface area contributed by atoms with E-state index in [1.807, 2.05) is 6.92 Å². The lowest BCUT2D eigenvalue weighted by Gasteiger charge is -2.21. The molecule has 0 aliphatic heterocycles. The zero-order chi connectivity index (χ0) is 14.3. The molecule has 0 spiro atoms. The quantitative estimate of drug-likeness (QED) is 0.744. The van der Waals surface area contributed by atoms with Crippen LogP contribution in [0.5, 0.6) is 0 Å². The molecule has 5 nitrogen and oxygen atoms in total. The number of rotatable bonds is 8. The minimum atomic E-state index is 0.387. The molecular formula is C13H23ClN4O. The minimum absolute atomic E-state index is 0.387. The maximum absolute atomic E-state index is 5.96. The second-order valence-corrected chi connectivity index (χ2v) is 5.02. The molecule has 0 fully saturated rings. The first-order chi connectivity index (χ1) is 9.02. The summed E-state index contributed by atoms with van der Waals surface area (Å²) in [4.78, 5) is 10.7. The molecule has 1 N–H and O–H groups in total. The molecular weight excluding hydrogens is 264 g/mol. The van der Waals surface area contributed by atoms with Gasteiger partial charge < -0.3 is 15.0 Å². The third kappa shape index (κ3) is 6.18. The predicted octanol–water partition coefficient (Wildman–Crippen LogP) is 2.42. The van der Waals surface area contributed by atoms with Crippen LogP contribution in [0.25, 0.3) is 0 Å². The molecule has 1 aromatic rings. The number of hydrogen-bond donors (Lipinski definition) is 1. The largest absolute Gasteiger partial charge is 0.374 e. The van der Waals surface area contributed by atoms with E-state index < -0.39 is 0 Å². The van der Waals surface area contributed by atoms with Crippen LogP contribution in [0.1, 0.15) is 26.6 Å². The predicted molar refractivity (Wildman–Crippen MR) is 78.6 cm³/mol. The van der Waals surface area contributed by atoms with Gasteiger partial charge in [-0.2, -0.15) is 0 Å². The Morgan fingerprint density at radius 1 is 1.42 bits per heavy atom. The van der Waals surface area contributed by atoms with Gasteiger partial charge in [-0.3, -0.25) is 0 Å². The van der Waals surface area contributed by atoms with Gasteiger partial charge in [-0.05, 0) is 27.8 Å². The summed E-state index contributed by atoms with van der Waals surface area (Å²) in [7, 11) is 2.10. The van der Waals surface area contributed by atoms with E-state index in [9.17, 15) is 0 Å². The van der Waals surface area contributed by atoms with Crippen molar-refractivity contribution >= 4 is 17.4 Å². The zero-order valence-corrected chi connectivity index (χ0v) is 12.9. The van der Waals surface area contributed by atoms with Crippen molar-refractivity contribution in [3.63, 3.8) is 0 Å². The second kappa shape index (κ2) is 8.30. The highest BCUT2D eigenvalue weighted by molar-refractivity contribution is 6.29. The van der Waals surface area contributed by atoms with Gasteiger partial charge in [0, 0.05) is 31.8 Å². The van der Waals surface area contributed by atoms with Gasteiger partial charge in [-0.25, -0.2) is 9.97 Å². The van der Waals surface area contributed by atoms with Gasteiger partial charge >= 0.3 is 0 Å². The normalized spacial score (nSPS) is 11.3. The molecule has 0 atom stereocenters. The molecule has 0 saturated carbocycles. The standard InChI is InChI=1S/C13H23ClN4O/c1-5-19-9-13-16-11(14)8-12(17-13)15-6-7-18(4)10(2)3/h8,10H,5-7,9H2,1-4H3,(H,15,16,17). The summed E-state index contributed by atoms with van der Waals surface area (Å²) in [5, 5.41) is 3.69. The van der Waals surface area contributed by atoms with Gasteiger partial charge in [0.25, 0.3) is 0 Å². The van der Waals surface area contributed by atoms with E-state index in [-0.39, 0.29) is 0 Å². The highest BCUT2D eigenvalue weighted by Crippen LogP contribution is 2.12. The van der Waals surface area contributed by atoms with Crippen LogP contribution in [0.15, 0.2) is 6.07 Å². The maximum Gasteiger partial charge on any atom is 0.158 e. The van der Waals surface area contributed by atoms with E-state index in [1.165, 1.54) is 0 Å². The van der Waals surface area contributed by atoms with Crippen LogP contribution in [-0.2, 0) is 11.3 Å². The smallest absolute Gasteiger partial charge is 0.158 e. The van der Waals surface area contributed by atoms with E-state index in [4.69, 9.17) is 16.3 Å². The molecule has 1 heterocycles. The molecule has 0 aromatic carbocycles. The topological polar surface area (TPSA) is 50.3 Å². The van der Waals surface area contributed by atoms with Crippen molar-refractivity contribution in [1.29, 1.82) is 0 Å². The average Bonchev–Trinajstić information content (AvgIpc) is 2.35. The lowest BCUT2D eigenvalue weighted by molar-refractivity contribution is 0.128. The molecule has 0 aliphatic rings. The van der Waals surface area contributed by atoms with Crippen molar-refractivity contribution < 1.29 is 4.74 Å². The Morgan fingerprint density at radius 2 is 2.16 bits per heavy atom. The molecule has 0 radical (unpaired) electrons. The fraction of sp³-hybridized carbons (Fsp3) is 0.692. The van der Waals surface area contributed by atoms with Gasteiger partial charge in [-0.15, -0.1) is 0 Å². The minimum Gasteiger partial charge on any atom is -0.374 e. The fourth-order valence-electron chi connectivity index (χ4n) is 1.43. The number of anilines is 1. The van der Waals surface area contributed by atoms with Crippen molar-refractivity contribution in [3.05, 3.63) is 17.0 Å². The molecule has 19 heavy (non-hydrogen) atoms. The van der Waals surface area contributed by atoms with Gasteiger partial charge in [0.15, 0.2) is 5.82 Å².